The summed E-state index contributed by atoms with van der Waals surface area (Å²) >= 11 is 0. The molecule has 0 unspecified atom stereocenters. The number of benzene rings is 8. The second-order valence-corrected chi connectivity index (χ2v) is 11.7. The van der Waals surface area contributed by atoms with E-state index in [2.05, 4.69) is 169 Å². The second-order valence-electron chi connectivity index (χ2n) is 11.7. The molecule has 0 saturated carbocycles. The number of para-hydroxylation sites is 1. The lowest BCUT2D eigenvalue weighted by Gasteiger charge is -2.27. The molecule has 0 aliphatic heterocycles. The Bertz CT molecular complexity index is 2530. The van der Waals surface area contributed by atoms with Gasteiger partial charge in [-0.05, 0) is 74.8 Å². The van der Waals surface area contributed by atoms with Crippen molar-refractivity contribution in [3.05, 3.63) is 176 Å². The van der Waals surface area contributed by atoms with Gasteiger partial charge in [0.05, 0.1) is 5.69 Å². The Morgan fingerprint density at radius 2 is 0.978 bits per heavy atom. The maximum atomic E-state index is 6.37. The van der Waals surface area contributed by atoms with Crippen LogP contribution in [0.1, 0.15) is 0 Å². The number of hydrogen-bond acceptors (Lipinski definition) is 2. The van der Waals surface area contributed by atoms with Crippen molar-refractivity contribution in [1.82, 2.24) is 0 Å². The minimum Gasteiger partial charge on any atom is -0.456 e. The third-order valence-corrected chi connectivity index (χ3v) is 9.03. The van der Waals surface area contributed by atoms with Gasteiger partial charge in [-0.3, -0.25) is 0 Å². The van der Waals surface area contributed by atoms with E-state index in [4.69, 9.17) is 4.42 Å². The van der Waals surface area contributed by atoms with E-state index in [0.717, 1.165) is 39.0 Å². The first-order valence-corrected chi connectivity index (χ1v) is 15.7. The minimum atomic E-state index is 0.877. The molecule has 216 valence electrons. The maximum absolute atomic E-state index is 6.37. The Morgan fingerprint density at radius 1 is 0.370 bits per heavy atom. The fourth-order valence-electron chi connectivity index (χ4n) is 6.94. The molecule has 2 heteroatoms. The molecule has 0 N–H and O–H groups in total. The normalized spacial score (nSPS) is 11.5. The number of fused-ring (bicyclic) bond motifs is 5. The Labute approximate surface area is 267 Å². The van der Waals surface area contributed by atoms with Gasteiger partial charge in [0.2, 0.25) is 0 Å². The van der Waals surface area contributed by atoms with Crippen LogP contribution in [-0.4, -0.2) is 0 Å². The van der Waals surface area contributed by atoms with E-state index in [1.165, 1.54) is 43.8 Å². The van der Waals surface area contributed by atoms with Crippen molar-refractivity contribution >= 4 is 60.5 Å². The van der Waals surface area contributed by atoms with Gasteiger partial charge in [-0.2, -0.15) is 0 Å². The van der Waals surface area contributed by atoms with Crippen LogP contribution in [0.3, 0.4) is 0 Å². The van der Waals surface area contributed by atoms with Gasteiger partial charge in [0, 0.05) is 33.6 Å². The molecule has 2 nitrogen and oxygen atoms in total. The first kappa shape index (κ1) is 26.3. The van der Waals surface area contributed by atoms with Gasteiger partial charge in [0.15, 0.2) is 0 Å². The van der Waals surface area contributed by atoms with Crippen molar-refractivity contribution in [2.75, 3.05) is 4.90 Å². The highest BCUT2D eigenvalue weighted by Crippen LogP contribution is 2.43. The van der Waals surface area contributed by atoms with Crippen LogP contribution in [0.5, 0.6) is 0 Å². The fraction of sp³-hybridized carbons (Fsp3) is 0. The second kappa shape index (κ2) is 10.8. The van der Waals surface area contributed by atoms with Crippen LogP contribution in [0.25, 0.3) is 65.7 Å². The molecule has 8 aromatic carbocycles. The van der Waals surface area contributed by atoms with E-state index < -0.39 is 0 Å². The van der Waals surface area contributed by atoms with Gasteiger partial charge in [-0.25, -0.2) is 0 Å². The van der Waals surface area contributed by atoms with Crippen molar-refractivity contribution < 1.29 is 4.42 Å². The predicted octanol–water partition coefficient (Wildman–Crippen LogP) is 12.7. The molecule has 0 amide bonds. The molecule has 0 aliphatic rings. The standard InChI is InChI=1S/C44H29NO/c1-2-12-31(13-3-1)37-22-9-16-32-17-10-23-38(44(32)37)33-18-8-19-34(28-33)45(41-24-11-15-30-14-4-5-20-36(30)41)35-26-27-40-39-21-6-7-25-42(39)46-43(40)29-35/h1-29H. The van der Waals surface area contributed by atoms with Crippen LogP contribution in [0.4, 0.5) is 17.1 Å². The van der Waals surface area contributed by atoms with Gasteiger partial charge < -0.3 is 9.32 Å². The summed E-state index contributed by atoms with van der Waals surface area (Å²) in [6, 6.07) is 62.8. The summed E-state index contributed by atoms with van der Waals surface area (Å²) < 4.78 is 6.37. The van der Waals surface area contributed by atoms with Crippen molar-refractivity contribution in [3.8, 4) is 22.3 Å². The van der Waals surface area contributed by atoms with E-state index >= 15 is 0 Å². The number of furan rings is 1. The van der Waals surface area contributed by atoms with E-state index in [1.54, 1.807) is 0 Å². The largest absolute Gasteiger partial charge is 0.456 e. The summed E-state index contributed by atoms with van der Waals surface area (Å²) in [4.78, 5) is 2.36. The third kappa shape index (κ3) is 4.35. The lowest BCUT2D eigenvalue weighted by molar-refractivity contribution is 0.669. The van der Waals surface area contributed by atoms with Crippen LogP contribution in [0.15, 0.2) is 180 Å². The lowest BCUT2D eigenvalue weighted by Crippen LogP contribution is -2.10. The zero-order valence-corrected chi connectivity index (χ0v) is 25.1. The fourth-order valence-corrected chi connectivity index (χ4v) is 6.94. The van der Waals surface area contributed by atoms with E-state index in [1.807, 2.05) is 12.1 Å². The lowest BCUT2D eigenvalue weighted by atomic mass is 9.91. The summed E-state index contributed by atoms with van der Waals surface area (Å²) in [7, 11) is 0. The number of anilines is 3. The van der Waals surface area contributed by atoms with Gasteiger partial charge in [-0.15, -0.1) is 0 Å². The van der Waals surface area contributed by atoms with Crippen LogP contribution in [-0.2, 0) is 0 Å². The zero-order chi connectivity index (χ0) is 30.5. The average Bonchev–Trinajstić information content (AvgIpc) is 3.50. The highest BCUT2D eigenvalue weighted by Gasteiger charge is 2.19. The Balaban J connectivity index is 1.27. The van der Waals surface area contributed by atoms with E-state index in [0.29, 0.717) is 0 Å². The summed E-state index contributed by atoms with van der Waals surface area (Å²) in [6.45, 7) is 0. The van der Waals surface area contributed by atoms with Gasteiger partial charge in [0.1, 0.15) is 11.2 Å². The highest BCUT2D eigenvalue weighted by molar-refractivity contribution is 6.08. The smallest absolute Gasteiger partial charge is 0.137 e. The zero-order valence-electron chi connectivity index (χ0n) is 25.1. The molecule has 0 spiro atoms. The predicted molar refractivity (Wildman–Crippen MR) is 194 cm³/mol. The van der Waals surface area contributed by atoms with Crippen molar-refractivity contribution in [2.45, 2.75) is 0 Å². The highest BCUT2D eigenvalue weighted by atomic mass is 16.3. The van der Waals surface area contributed by atoms with Crippen molar-refractivity contribution in [2.24, 2.45) is 0 Å². The topological polar surface area (TPSA) is 16.4 Å². The van der Waals surface area contributed by atoms with Crippen LogP contribution < -0.4 is 4.90 Å². The maximum Gasteiger partial charge on any atom is 0.137 e. The van der Waals surface area contributed by atoms with E-state index in [-0.39, 0.29) is 0 Å². The van der Waals surface area contributed by atoms with Crippen molar-refractivity contribution in [3.63, 3.8) is 0 Å². The third-order valence-electron chi connectivity index (χ3n) is 9.03. The first-order chi connectivity index (χ1) is 22.8. The molecule has 0 atom stereocenters. The SMILES string of the molecule is c1ccc(-c2cccc3cccc(-c4cccc(N(c5ccc6c(c5)oc5ccccc56)c5cccc6ccccc56)c4)c23)cc1. The molecule has 0 saturated heterocycles. The van der Waals surface area contributed by atoms with Crippen molar-refractivity contribution in [1.29, 1.82) is 0 Å². The van der Waals surface area contributed by atoms with Crippen LogP contribution >= 0.6 is 0 Å². The quantitative estimate of drug-likeness (QED) is 0.199. The molecular formula is C44H29NO. The summed E-state index contributed by atoms with van der Waals surface area (Å²) in [5, 5.41) is 7.13. The Kier molecular flexibility index (Phi) is 6.17. The molecule has 0 fully saturated rings. The summed E-state index contributed by atoms with van der Waals surface area (Å²) in [5.41, 5.74) is 9.86. The summed E-state index contributed by atoms with van der Waals surface area (Å²) in [6.07, 6.45) is 0. The first-order valence-electron chi connectivity index (χ1n) is 15.7. The van der Waals surface area contributed by atoms with Gasteiger partial charge >= 0.3 is 0 Å². The van der Waals surface area contributed by atoms with E-state index in [9.17, 15) is 0 Å². The van der Waals surface area contributed by atoms with Gasteiger partial charge in [-0.1, -0.05) is 133 Å². The van der Waals surface area contributed by atoms with Crippen LogP contribution in [0, 0.1) is 0 Å². The molecule has 9 aromatic rings. The molecule has 0 aliphatic carbocycles. The molecular weight excluding hydrogens is 558 g/mol. The number of nitrogens with zero attached hydrogens (tertiary/aromatic N) is 1. The van der Waals surface area contributed by atoms with Gasteiger partial charge in [0.25, 0.3) is 0 Å². The molecule has 1 heterocycles. The number of hydrogen-bond donors (Lipinski definition) is 0. The minimum absolute atomic E-state index is 0.877. The Morgan fingerprint density at radius 3 is 1.85 bits per heavy atom. The summed E-state index contributed by atoms with van der Waals surface area (Å²) in [5.74, 6) is 0. The molecule has 46 heavy (non-hydrogen) atoms. The molecule has 9 rings (SSSR count). The molecule has 0 radical (unpaired) electrons. The average molecular weight is 588 g/mol. The van der Waals surface area contributed by atoms with Crippen LogP contribution in [0.2, 0.25) is 0 Å². The number of rotatable bonds is 5. The Hall–Kier alpha value is -6.12. The monoisotopic (exact) mass is 587 g/mol. The molecule has 1 aromatic heterocycles. The molecule has 0 bridgehead atoms.